The number of fused-ring (bicyclic) bond motifs is 2. The van der Waals surface area contributed by atoms with Crippen LogP contribution in [0.4, 0.5) is 11.4 Å². The lowest BCUT2D eigenvalue weighted by Gasteiger charge is -2.23. The molecule has 0 unspecified atom stereocenters. The molecule has 0 bridgehead atoms. The summed E-state index contributed by atoms with van der Waals surface area (Å²) in [5, 5.41) is 4.51. The zero-order valence-corrected chi connectivity index (χ0v) is 18.6. The lowest BCUT2D eigenvalue weighted by molar-refractivity contribution is 0.413. The van der Waals surface area contributed by atoms with E-state index in [0.29, 0.717) is 6.04 Å². The quantitative estimate of drug-likeness (QED) is 0.354. The smallest absolute Gasteiger partial charge is 0.0900 e. The lowest BCUT2D eigenvalue weighted by Crippen LogP contribution is -2.22. The minimum atomic E-state index is 0.387. The van der Waals surface area contributed by atoms with Crippen molar-refractivity contribution in [3.05, 3.63) is 96.1 Å². The molecule has 0 radical (unpaired) electrons. The molecule has 3 aromatic rings. The first kappa shape index (κ1) is 19.7. The van der Waals surface area contributed by atoms with Crippen molar-refractivity contribution in [1.29, 1.82) is 0 Å². The summed E-state index contributed by atoms with van der Waals surface area (Å²) < 4.78 is 2.29. The molecular weight excluding hydrogens is 406 g/mol. The van der Waals surface area contributed by atoms with Crippen LogP contribution in [-0.2, 0) is 0 Å². The van der Waals surface area contributed by atoms with Crippen LogP contribution in [0.2, 0.25) is 0 Å². The maximum atomic E-state index is 5.12. The van der Waals surface area contributed by atoms with E-state index in [1.54, 1.807) is 0 Å². The summed E-state index contributed by atoms with van der Waals surface area (Å²) in [6, 6.07) is 27.5. The fourth-order valence-electron chi connectivity index (χ4n) is 4.31. The normalized spacial score (nSPS) is 14.5. The van der Waals surface area contributed by atoms with Gasteiger partial charge in [-0.1, -0.05) is 30.3 Å². The van der Waals surface area contributed by atoms with Crippen molar-refractivity contribution in [2.45, 2.75) is 32.2 Å². The Morgan fingerprint density at radius 3 is 2.52 bits per heavy atom. The van der Waals surface area contributed by atoms with Gasteiger partial charge < -0.3 is 9.88 Å². The number of nitrogens with zero attached hydrogens (tertiary/aromatic N) is 4. The first-order valence-electron chi connectivity index (χ1n) is 11.5. The highest BCUT2D eigenvalue weighted by molar-refractivity contribution is 5.84. The number of aromatic nitrogens is 3. The van der Waals surface area contributed by atoms with Crippen LogP contribution in [0.1, 0.15) is 25.0 Å². The van der Waals surface area contributed by atoms with Gasteiger partial charge >= 0.3 is 0 Å². The first-order chi connectivity index (χ1) is 16.2. The number of aryl methyl sites for hydroxylation is 1. The van der Waals surface area contributed by atoms with Crippen molar-refractivity contribution in [2.24, 2.45) is 4.99 Å². The minimum absolute atomic E-state index is 0.387. The van der Waals surface area contributed by atoms with Crippen LogP contribution in [0, 0.1) is 6.92 Å². The Bertz CT molecular complexity index is 1460. The molecule has 1 N–H and O–H groups in total. The van der Waals surface area contributed by atoms with Gasteiger partial charge in [-0.2, -0.15) is 0 Å². The Hall–Kier alpha value is -3.99. The van der Waals surface area contributed by atoms with Crippen LogP contribution < -0.4 is 10.7 Å². The summed E-state index contributed by atoms with van der Waals surface area (Å²) in [5.74, 6) is 0. The number of nitrogens with one attached hydrogen (secondary N) is 1. The average Bonchev–Trinajstić information content (AvgIpc) is 2.82. The van der Waals surface area contributed by atoms with Gasteiger partial charge in [-0.15, -0.1) is 0 Å². The molecule has 0 saturated heterocycles. The molecule has 6 rings (SSSR count). The van der Waals surface area contributed by atoms with E-state index in [1.165, 1.54) is 6.42 Å². The molecule has 2 heterocycles. The highest BCUT2D eigenvalue weighted by atomic mass is 15.0. The van der Waals surface area contributed by atoms with E-state index >= 15 is 0 Å². The zero-order chi connectivity index (χ0) is 22.2. The zero-order valence-electron chi connectivity index (χ0n) is 18.6. The molecule has 1 aliphatic heterocycles. The Kier molecular flexibility index (Phi) is 4.87. The van der Waals surface area contributed by atoms with Gasteiger partial charge in [0.25, 0.3) is 0 Å². The van der Waals surface area contributed by atoms with E-state index in [-0.39, 0.29) is 0 Å². The molecule has 162 valence electrons. The second kappa shape index (κ2) is 8.17. The second-order valence-electron chi connectivity index (χ2n) is 8.66. The van der Waals surface area contributed by atoms with E-state index in [1.807, 2.05) is 31.3 Å². The summed E-state index contributed by atoms with van der Waals surface area (Å²) in [4.78, 5) is 14.6. The second-order valence-corrected chi connectivity index (χ2v) is 8.66. The maximum absolute atomic E-state index is 5.12. The molecule has 33 heavy (non-hydrogen) atoms. The van der Waals surface area contributed by atoms with Crippen LogP contribution >= 0.6 is 0 Å². The van der Waals surface area contributed by atoms with E-state index in [0.717, 1.165) is 63.4 Å². The summed E-state index contributed by atoms with van der Waals surface area (Å²) in [6.45, 7) is 1.99. The van der Waals surface area contributed by atoms with E-state index < -0.39 is 0 Å². The predicted octanol–water partition coefficient (Wildman–Crippen LogP) is 6.03. The van der Waals surface area contributed by atoms with Crippen molar-refractivity contribution in [3.8, 4) is 17.1 Å². The SMILES string of the molecule is Cc1ccc(Nc2cc3nc4ccccc4n(-c4ccccc4)c-3c/c2=N\C2CCC2)cn1. The van der Waals surface area contributed by atoms with Gasteiger partial charge in [0.15, 0.2) is 0 Å². The lowest BCUT2D eigenvalue weighted by atomic mass is 9.94. The van der Waals surface area contributed by atoms with Crippen molar-refractivity contribution >= 4 is 22.4 Å². The Morgan fingerprint density at radius 1 is 0.939 bits per heavy atom. The van der Waals surface area contributed by atoms with Crippen molar-refractivity contribution < 1.29 is 0 Å². The molecule has 0 spiro atoms. The van der Waals surface area contributed by atoms with Crippen LogP contribution in [0.5, 0.6) is 0 Å². The van der Waals surface area contributed by atoms with Crippen LogP contribution in [0.15, 0.2) is 90.1 Å². The molecule has 1 fully saturated rings. The molecule has 0 amide bonds. The van der Waals surface area contributed by atoms with Crippen molar-refractivity contribution in [1.82, 2.24) is 14.5 Å². The monoisotopic (exact) mass is 431 g/mol. The molecule has 1 saturated carbocycles. The van der Waals surface area contributed by atoms with Gasteiger partial charge in [-0.05, 0) is 74.7 Å². The fourth-order valence-corrected chi connectivity index (χ4v) is 4.31. The first-order valence-corrected chi connectivity index (χ1v) is 11.5. The van der Waals surface area contributed by atoms with Gasteiger partial charge in [0.2, 0.25) is 0 Å². The third kappa shape index (κ3) is 3.76. The molecule has 5 heteroatoms. The van der Waals surface area contributed by atoms with Gasteiger partial charge in [0.1, 0.15) is 0 Å². The molecule has 2 aromatic carbocycles. The number of hydrogen-bond donors (Lipinski definition) is 1. The Morgan fingerprint density at radius 2 is 1.76 bits per heavy atom. The van der Waals surface area contributed by atoms with Gasteiger partial charge in [-0.3, -0.25) is 9.98 Å². The third-order valence-electron chi connectivity index (χ3n) is 6.30. The number of hydrogen-bond acceptors (Lipinski definition) is 4. The number of rotatable bonds is 4. The van der Waals surface area contributed by atoms with Gasteiger partial charge in [0.05, 0.1) is 51.4 Å². The number of anilines is 2. The molecular formula is C28H25N5. The standard InChI is InChI=1S/C28H25N5/c1-19-14-15-21(18-29-19)31-24-16-26-28(17-25(24)30-20-8-7-9-20)33(22-10-3-2-4-11-22)27-13-6-5-12-23(27)32-26/h2-6,10-18,20,31H,7-9H2,1H3/b30-25+. The average molecular weight is 432 g/mol. The van der Waals surface area contributed by atoms with Gasteiger partial charge in [-0.25, -0.2) is 4.98 Å². The molecule has 5 nitrogen and oxygen atoms in total. The van der Waals surface area contributed by atoms with E-state index in [2.05, 4.69) is 75.5 Å². The van der Waals surface area contributed by atoms with Crippen LogP contribution in [-0.4, -0.2) is 20.6 Å². The molecule has 1 aromatic heterocycles. The maximum Gasteiger partial charge on any atom is 0.0900 e. The fraction of sp³-hybridized carbons (Fsp3) is 0.179. The summed E-state index contributed by atoms with van der Waals surface area (Å²) in [5.41, 5.74) is 8.02. The van der Waals surface area contributed by atoms with Crippen LogP contribution in [0.25, 0.3) is 28.1 Å². The third-order valence-corrected chi connectivity index (χ3v) is 6.30. The van der Waals surface area contributed by atoms with Gasteiger partial charge in [0, 0.05) is 11.4 Å². The highest BCUT2D eigenvalue weighted by Gasteiger charge is 2.19. The molecule has 3 aliphatic rings. The molecule has 0 atom stereocenters. The van der Waals surface area contributed by atoms with E-state index in [4.69, 9.17) is 9.98 Å². The number of pyridine rings is 1. The minimum Gasteiger partial charge on any atom is -0.352 e. The topological polar surface area (TPSA) is 55.1 Å². The van der Waals surface area contributed by atoms with Crippen molar-refractivity contribution in [2.75, 3.05) is 5.32 Å². The molecule has 2 aliphatic carbocycles. The Labute approximate surface area is 192 Å². The van der Waals surface area contributed by atoms with E-state index in [9.17, 15) is 0 Å². The summed E-state index contributed by atoms with van der Waals surface area (Å²) in [7, 11) is 0. The predicted molar refractivity (Wildman–Crippen MR) is 133 cm³/mol. The van der Waals surface area contributed by atoms with Crippen LogP contribution in [0.3, 0.4) is 0 Å². The highest BCUT2D eigenvalue weighted by Crippen LogP contribution is 2.31. The number of para-hydroxylation sites is 3. The number of benzene rings is 3. The summed E-state index contributed by atoms with van der Waals surface area (Å²) in [6.07, 6.45) is 5.42. The summed E-state index contributed by atoms with van der Waals surface area (Å²) >= 11 is 0. The van der Waals surface area contributed by atoms with Crippen molar-refractivity contribution in [3.63, 3.8) is 0 Å². The largest absolute Gasteiger partial charge is 0.352 e. The Balaban J connectivity index is 1.62.